The Balaban J connectivity index is 1.18. The number of primary amides is 1. The highest BCUT2D eigenvalue weighted by Crippen LogP contribution is 2.35. The Hall–Kier alpha value is -5.21. The van der Waals surface area contributed by atoms with E-state index in [9.17, 15) is 22.8 Å². The highest BCUT2D eigenvalue weighted by molar-refractivity contribution is 5.98. The molecule has 0 aliphatic carbocycles. The SMILES string of the molecule is NC(=O)C1c2ccc(OC(=O)c3ccccc3-c3ccc(C(F)(F)F)cc3)cc2CCN1Cc1ccc(-c2ccccc2)cc1. The normalized spacial score (nSPS) is 14.9. The quantitative estimate of drug-likeness (QED) is 0.151. The van der Waals surface area contributed by atoms with Gasteiger partial charge in [-0.25, -0.2) is 4.79 Å². The molecule has 1 heterocycles. The van der Waals surface area contributed by atoms with Crippen molar-refractivity contribution in [1.82, 2.24) is 4.90 Å². The van der Waals surface area contributed by atoms with Gasteiger partial charge in [-0.1, -0.05) is 91.0 Å². The minimum Gasteiger partial charge on any atom is -0.423 e. The van der Waals surface area contributed by atoms with Crippen LogP contribution in [0.3, 0.4) is 0 Å². The molecule has 6 rings (SSSR count). The molecule has 5 aromatic rings. The Morgan fingerprint density at radius 1 is 0.778 bits per heavy atom. The lowest BCUT2D eigenvalue weighted by Gasteiger charge is -2.35. The fourth-order valence-electron chi connectivity index (χ4n) is 5.80. The number of benzene rings is 5. The van der Waals surface area contributed by atoms with Gasteiger partial charge in [-0.05, 0) is 75.7 Å². The van der Waals surface area contributed by atoms with E-state index < -0.39 is 29.7 Å². The van der Waals surface area contributed by atoms with Crippen LogP contribution in [0, 0.1) is 0 Å². The summed E-state index contributed by atoms with van der Waals surface area (Å²) in [4.78, 5) is 28.0. The predicted molar refractivity (Wildman–Crippen MR) is 166 cm³/mol. The van der Waals surface area contributed by atoms with Gasteiger partial charge in [0.25, 0.3) is 0 Å². The van der Waals surface area contributed by atoms with E-state index in [4.69, 9.17) is 10.5 Å². The number of nitrogens with two attached hydrogens (primary N) is 1. The maximum absolute atomic E-state index is 13.3. The van der Waals surface area contributed by atoms with Crippen LogP contribution in [0.5, 0.6) is 5.75 Å². The Morgan fingerprint density at radius 2 is 1.42 bits per heavy atom. The number of alkyl halides is 3. The summed E-state index contributed by atoms with van der Waals surface area (Å²) < 4.78 is 44.9. The van der Waals surface area contributed by atoms with Crippen molar-refractivity contribution in [3.05, 3.63) is 149 Å². The van der Waals surface area contributed by atoms with Gasteiger partial charge in [0.05, 0.1) is 11.1 Å². The summed E-state index contributed by atoms with van der Waals surface area (Å²) >= 11 is 0. The molecule has 226 valence electrons. The van der Waals surface area contributed by atoms with Gasteiger partial charge in [0.1, 0.15) is 11.8 Å². The number of fused-ring (bicyclic) bond motifs is 1. The molecule has 0 spiro atoms. The molecule has 5 nitrogen and oxygen atoms in total. The van der Waals surface area contributed by atoms with Gasteiger partial charge in [0, 0.05) is 13.1 Å². The molecule has 1 unspecified atom stereocenters. The average Bonchev–Trinajstić information content (AvgIpc) is 3.05. The largest absolute Gasteiger partial charge is 0.423 e. The standard InChI is InChI=1S/C37H29F3N2O3/c38-37(39,40)29-16-14-27(15-17-29)31-8-4-5-9-33(31)36(44)45-30-18-19-32-28(22-30)20-21-42(34(32)35(41)43)23-24-10-12-26(13-11-24)25-6-2-1-3-7-25/h1-19,22,34H,20-21,23H2,(H2,41,43). The van der Waals surface area contributed by atoms with Crippen LogP contribution in [0.15, 0.2) is 121 Å². The van der Waals surface area contributed by atoms with Crippen molar-refractivity contribution < 1.29 is 27.5 Å². The topological polar surface area (TPSA) is 72.6 Å². The van der Waals surface area contributed by atoms with E-state index in [1.54, 1.807) is 42.5 Å². The molecule has 8 heteroatoms. The Kier molecular flexibility index (Phi) is 8.24. The number of hydrogen-bond acceptors (Lipinski definition) is 4. The summed E-state index contributed by atoms with van der Waals surface area (Å²) in [6.45, 7) is 1.12. The Morgan fingerprint density at radius 3 is 2.11 bits per heavy atom. The Labute approximate surface area is 258 Å². The zero-order chi connectivity index (χ0) is 31.6. The van der Waals surface area contributed by atoms with Crippen LogP contribution >= 0.6 is 0 Å². The van der Waals surface area contributed by atoms with Crippen molar-refractivity contribution in [2.45, 2.75) is 25.2 Å². The van der Waals surface area contributed by atoms with Gasteiger partial charge in [0.2, 0.25) is 5.91 Å². The molecule has 1 aliphatic heterocycles. The molecule has 0 bridgehead atoms. The molecule has 1 amide bonds. The maximum Gasteiger partial charge on any atom is 0.416 e. The van der Waals surface area contributed by atoms with Crippen LogP contribution in [0.2, 0.25) is 0 Å². The summed E-state index contributed by atoms with van der Waals surface area (Å²) in [5.41, 5.74) is 11.2. The maximum atomic E-state index is 13.3. The number of esters is 1. The summed E-state index contributed by atoms with van der Waals surface area (Å²) in [5.74, 6) is -0.811. The van der Waals surface area contributed by atoms with Gasteiger partial charge in [-0.15, -0.1) is 0 Å². The van der Waals surface area contributed by atoms with Gasteiger partial charge in [-0.3, -0.25) is 9.69 Å². The second kappa shape index (κ2) is 12.4. The first-order chi connectivity index (χ1) is 21.7. The third kappa shape index (κ3) is 6.51. The van der Waals surface area contributed by atoms with Gasteiger partial charge in [0.15, 0.2) is 0 Å². The fraction of sp³-hybridized carbons (Fsp3) is 0.135. The van der Waals surface area contributed by atoms with Crippen molar-refractivity contribution in [2.24, 2.45) is 5.73 Å². The number of hydrogen-bond donors (Lipinski definition) is 1. The average molecular weight is 607 g/mol. The fourth-order valence-corrected chi connectivity index (χ4v) is 5.80. The molecule has 1 atom stereocenters. The van der Waals surface area contributed by atoms with E-state index in [0.717, 1.165) is 39.9 Å². The van der Waals surface area contributed by atoms with Crippen molar-refractivity contribution in [1.29, 1.82) is 0 Å². The second-order valence-corrected chi connectivity index (χ2v) is 11.0. The number of amides is 1. The molecular formula is C37H29F3N2O3. The smallest absolute Gasteiger partial charge is 0.416 e. The summed E-state index contributed by atoms with van der Waals surface area (Å²) in [7, 11) is 0. The lowest BCUT2D eigenvalue weighted by molar-refractivity contribution is -0.137. The first kappa shape index (κ1) is 29.8. The van der Waals surface area contributed by atoms with Crippen molar-refractivity contribution in [2.75, 3.05) is 6.54 Å². The van der Waals surface area contributed by atoms with Crippen LogP contribution < -0.4 is 10.5 Å². The van der Waals surface area contributed by atoms with E-state index in [1.807, 2.05) is 23.1 Å². The number of carbonyl (C=O) groups is 2. The Bertz CT molecular complexity index is 1840. The highest BCUT2D eigenvalue weighted by Gasteiger charge is 2.32. The van der Waals surface area contributed by atoms with Crippen molar-refractivity contribution in [3.63, 3.8) is 0 Å². The van der Waals surface area contributed by atoms with Crippen molar-refractivity contribution >= 4 is 11.9 Å². The van der Waals surface area contributed by atoms with Gasteiger partial charge < -0.3 is 10.5 Å². The number of ether oxygens (including phenoxy) is 1. The molecule has 0 saturated carbocycles. The summed E-state index contributed by atoms with van der Waals surface area (Å²) in [6, 6.07) is 34.1. The monoisotopic (exact) mass is 606 g/mol. The zero-order valence-electron chi connectivity index (χ0n) is 24.1. The minimum absolute atomic E-state index is 0.217. The highest BCUT2D eigenvalue weighted by atomic mass is 19.4. The molecule has 0 aromatic heterocycles. The number of halogens is 3. The third-order valence-corrected chi connectivity index (χ3v) is 8.04. The first-order valence-electron chi connectivity index (χ1n) is 14.5. The lowest BCUT2D eigenvalue weighted by Crippen LogP contribution is -2.42. The van der Waals surface area contributed by atoms with Crippen LogP contribution in [0.4, 0.5) is 13.2 Å². The van der Waals surface area contributed by atoms with Crippen LogP contribution in [0.25, 0.3) is 22.3 Å². The third-order valence-electron chi connectivity index (χ3n) is 8.04. The second-order valence-electron chi connectivity index (χ2n) is 11.0. The predicted octanol–water partition coefficient (Wildman–Crippen LogP) is 7.84. The number of nitrogens with zero attached hydrogens (tertiary/aromatic N) is 1. The number of rotatable bonds is 7. The molecule has 5 aromatic carbocycles. The van der Waals surface area contributed by atoms with E-state index in [2.05, 4.69) is 36.4 Å². The first-order valence-corrected chi connectivity index (χ1v) is 14.5. The van der Waals surface area contributed by atoms with Crippen LogP contribution in [-0.4, -0.2) is 23.3 Å². The van der Waals surface area contributed by atoms with E-state index >= 15 is 0 Å². The molecule has 45 heavy (non-hydrogen) atoms. The van der Waals surface area contributed by atoms with E-state index in [-0.39, 0.29) is 5.56 Å². The van der Waals surface area contributed by atoms with Gasteiger partial charge in [-0.2, -0.15) is 13.2 Å². The number of carbonyl (C=O) groups excluding carboxylic acids is 2. The lowest BCUT2D eigenvalue weighted by atomic mass is 9.91. The minimum atomic E-state index is -4.46. The van der Waals surface area contributed by atoms with Gasteiger partial charge >= 0.3 is 12.1 Å². The molecule has 0 radical (unpaired) electrons. The van der Waals surface area contributed by atoms with Crippen molar-refractivity contribution in [3.8, 4) is 28.0 Å². The molecule has 2 N–H and O–H groups in total. The molecule has 0 saturated heterocycles. The van der Waals surface area contributed by atoms with E-state index in [0.29, 0.717) is 36.4 Å². The summed E-state index contributed by atoms with van der Waals surface area (Å²) in [5, 5.41) is 0. The van der Waals surface area contributed by atoms with Crippen LogP contribution in [-0.2, 0) is 23.9 Å². The van der Waals surface area contributed by atoms with E-state index in [1.165, 1.54) is 12.1 Å². The molecular weight excluding hydrogens is 577 g/mol. The van der Waals surface area contributed by atoms with Crippen LogP contribution in [0.1, 0.15) is 38.7 Å². The molecule has 1 aliphatic rings. The zero-order valence-corrected chi connectivity index (χ0v) is 24.1. The molecule has 0 fully saturated rings. The summed E-state index contributed by atoms with van der Waals surface area (Å²) in [6.07, 6.45) is -3.84.